The fourth-order valence-corrected chi connectivity index (χ4v) is 11.8. The average molecular weight is 560 g/mol. The number of alkyl halides is 3. The molecule has 0 saturated heterocycles. The summed E-state index contributed by atoms with van der Waals surface area (Å²) in [6.45, 7) is 10.7. The molecule has 2 spiro atoms. The van der Waals surface area contributed by atoms with Gasteiger partial charge in [-0.1, -0.05) is 111 Å². The van der Waals surface area contributed by atoms with Crippen molar-refractivity contribution in [3.8, 4) is 11.1 Å². The summed E-state index contributed by atoms with van der Waals surface area (Å²) in [6, 6.07) is 28.4. The zero-order valence-corrected chi connectivity index (χ0v) is 24.7. The molecule has 0 nitrogen and oxygen atoms in total. The lowest BCUT2D eigenvalue weighted by molar-refractivity contribution is -0.283. The molecule has 38 heavy (non-hydrogen) atoms. The van der Waals surface area contributed by atoms with E-state index in [1.165, 1.54) is 58.4 Å². The van der Waals surface area contributed by atoms with Crippen molar-refractivity contribution in [1.29, 1.82) is 0 Å². The van der Waals surface area contributed by atoms with E-state index in [4.69, 9.17) is 34.8 Å². The van der Waals surface area contributed by atoms with Crippen LogP contribution in [-0.2, 0) is 10.8 Å². The molecule has 0 unspecified atom stereocenters. The van der Waals surface area contributed by atoms with Crippen molar-refractivity contribution in [1.82, 2.24) is 0 Å². The summed E-state index contributed by atoms with van der Waals surface area (Å²) < 4.78 is -0.750. The van der Waals surface area contributed by atoms with Crippen LogP contribution < -0.4 is 0 Å². The molecule has 10 rings (SSSR count). The Morgan fingerprint density at radius 2 is 0.763 bits per heavy atom. The fourth-order valence-electron chi connectivity index (χ4n) is 11.8. The summed E-state index contributed by atoms with van der Waals surface area (Å²) in [7, 11) is 0. The van der Waals surface area contributed by atoms with Crippen molar-refractivity contribution in [3.63, 3.8) is 0 Å². The van der Waals surface area contributed by atoms with Crippen molar-refractivity contribution in [2.45, 2.75) is 68.5 Å². The van der Waals surface area contributed by atoms with Gasteiger partial charge in [-0.05, 0) is 115 Å². The molecule has 6 aliphatic carbocycles. The number of hydrogen-bond acceptors (Lipinski definition) is 0. The summed E-state index contributed by atoms with van der Waals surface area (Å²) in [6.07, 6.45) is 5.45. The van der Waals surface area contributed by atoms with Crippen molar-refractivity contribution >= 4 is 56.3 Å². The topological polar surface area (TPSA) is 0 Å². The van der Waals surface area contributed by atoms with Crippen molar-refractivity contribution in [3.05, 3.63) is 83.9 Å². The van der Waals surface area contributed by atoms with Crippen LogP contribution in [0.2, 0.25) is 0 Å². The number of hydrogen-bond donors (Lipinski definition) is 0. The van der Waals surface area contributed by atoms with Gasteiger partial charge < -0.3 is 0 Å². The Morgan fingerprint density at radius 1 is 0.500 bits per heavy atom. The Labute approximate surface area is 240 Å². The zero-order valence-electron chi connectivity index (χ0n) is 22.5. The molecule has 6 aliphatic rings. The van der Waals surface area contributed by atoms with Crippen molar-refractivity contribution < 1.29 is 0 Å². The zero-order chi connectivity index (χ0) is 26.5. The van der Waals surface area contributed by atoms with E-state index >= 15 is 0 Å². The van der Waals surface area contributed by atoms with Crippen LogP contribution in [0.15, 0.2) is 72.8 Å². The third-order valence-electron chi connectivity index (χ3n) is 13.5. The standard InChI is InChI=1S/C34H32.CHCl3/c1-29-17-33-18-30(29,2)32(4)20-34(33,19-31(29,32)3)28-16-24-12-8-6-10-22(24)14-26(28)25-13-21-9-5-7-11-23(21)15-27(25)33;2-1(3)4/h5-16H,17-20H2,1-4H3;1H. The monoisotopic (exact) mass is 558 g/mol. The molecule has 0 heterocycles. The first-order valence-electron chi connectivity index (χ1n) is 13.9. The Bertz CT molecular complexity index is 1530. The van der Waals surface area contributed by atoms with E-state index in [1.807, 2.05) is 0 Å². The van der Waals surface area contributed by atoms with Gasteiger partial charge in [0, 0.05) is 10.8 Å². The molecular weight excluding hydrogens is 527 g/mol. The highest BCUT2D eigenvalue weighted by atomic mass is 35.6. The van der Waals surface area contributed by atoms with E-state index in [0.29, 0.717) is 21.7 Å². The van der Waals surface area contributed by atoms with E-state index in [0.717, 1.165) is 0 Å². The minimum absolute atomic E-state index is 0.265. The third-order valence-corrected chi connectivity index (χ3v) is 13.5. The molecule has 4 aromatic rings. The highest BCUT2D eigenvalue weighted by molar-refractivity contribution is 6.63. The first-order valence-corrected chi connectivity index (χ1v) is 15.3. The van der Waals surface area contributed by atoms with Gasteiger partial charge in [-0.15, -0.1) is 0 Å². The van der Waals surface area contributed by atoms with Gasteiger partial charge in [-0.25, -0.2) is 0 Å². The molecular formula is C35H33Cl3. The lowest BCUT2D eigenvalue weighted by Gasteiger charge is -2.76. The predicted octanol–water partition coefficient (Wildman–Crippen LogP) is 10.8. The Morgan fingerprint density at radius 3 is 1.05 bits per heavy atom. The lowest BCUT2D eigenvalue weighted by Crippen LogP contribution is -2.70. The van der Waals surface area contributed by atoms with Crippen molar-refractivity contribution in [2.24, 2.45) is 21.7 Å². The summed E-state index contributed by atoms with van der Waals surface area (Å²) in [4.78, 5) is 0. The first kappa shape index (κ1) is 24.1. The molecule has 0 atom stereocenters. The Hall–Kier alpha value is -1.73. The number of benzene rings is 4. The summed E-state index contributed by atoms with van der Waals surface area (Å²) in [5.41, 5.74) is 8.68. The van der Waals surface area contributed by atoms with Gasteiger partial charge in [0.2, 0.25) is 0 Å². The molecule has 5 fully saturated rings. The number of rotatable bonds is 0. The Balaban J connectivity index is 0.000000529. The molecule has 0 aromatic heterocycles. The van der Waals surface area contributed by atoms with Gasteiger partial charge in [0.05, 0.1) is 0 Å². The van der Waals surface area contributed by atoms with Gasteiger partial charge in [-0.3, -0.25) is 0 Å². The number of halogens is 3. The van der Waals surface area contributed by atoms with Crippen LogP contribution >= 0.6 is 34.8 Å². The first-order chi connectivity index (χ1) is 18.0. The normalized spacial score (nSPS) is 40.4. The fraction of sp³-hybridized carbons (Fsp3) is 0.429. The minimum Gasteiger partial charge on any atom is -0.0874 e. The second kappa shape index (κ2) is 6.94. The highest BCUT2D eigenvalue weighted by Crippen LogP contribution is 2.99. The maximum absolute atomic E-state index is 4.81. The van der Waals surface area contributed by atoms with Crippen LogP contribution in [-0.4, -0.2) is 4.30 Å². The smallest absolute Gasteiger partial charge is 0.0874 e. The van der Waals surface area contributed by atoms with E-state index < -0.39 is 4.30 Å². The molecule has 0 radical (unpaired) electrons. The van der Waals surface area contributed by atoms with Crippen LogP contribution in [0.5, 0.6) is 0 Å². The molecule has 194 valence electrons. The van der Waals surface area contributed by atoms with E-state index in [1.54, 1.807) is 11.1 Å². The van der Waals surface area contributed by atoms with Crippen LogP contribution in [0.3, 0.4) is 0 Å². The van der Waals surface area contributed by atoms with Gasteiger partial charge in [0.25, 0.3) is 0 Å². The second-order valence-electron chi connectivity index (χ2n) is 13.9. The summed E-state index contributed by atoms with van der Waals surface area (Å²) in [5, 5.41) is 5.59. The average Bonchev–Trinajstić information content (AvgIpc) is 3.20. The maximum Gasteiger partial charge on any atom is 0.180 e. The van der Waals surface area contributed by atoms with E-state index in [-0.39, 0.29) is 10.8 Å². The van der Waals surface area contributed by atoms with Gasteiger partial charge >= 0.3 is 0 Å². The van der Waals surface area contributed by atoms with Crippen LogP contribution in [0, 0.1) is 21.7 Å². The summed E-state index contributed by atoms with van der Waals surface area (Å²) in [5.74, 6) is 0. The van der Waals surface area contributed by atoms with E-state index in [9.17, 15) is 0 Å². The molecule has 5 saturated carbocycles. The van der Waals surface area contributed by atoms with Crippen LogP contribution in [0.4, 0.5) is 0 Å². The molecule has 0 N–H and O–H groups in total. The largest absolute Gasteiger partial charge is 0.180 e. The predicted molar refractivity (Wildman–Crippen MR) is 162 cm³/mol. The molecule has 0 amide bonds. The lowest BCUT2D eigenvalue weighted by atomic mass is 9.28. The highest BCUT2D eigenvalue weighted by Gasteiger charge is 2.94. The van der Waals surface area contributed by atoms with Crippen molar-refractivity contribution in [2.75, 3.05) is 0 Å². The second-order valence-corrected chi connectivity index (χ2v) is 15.9. The minimum atomic E-state index is -0.750. The molecule has 4 aromatic carbocycles. The SMILES string of the molecule is CC12CC34CC1(C)C1(C)CC3(CC21C)c1cc2ccccc2cc1-c1cc2ccccc2cc14.ClC(Cl)Cl. The molecule has 3 heteroatoms. The third kappa shape index (κ3) is 2.27. The molecule has 6 bridgehead atoms. The maximum atomic E-state index is 4.81. The van der Waals surface area contributed by atoms with E-state index in [2.05, 4.69) is 100 Å². The number of fused-ring (bicyclic) bond motifs is 5. The summed E-state index contributed by atoms with van der Waals surface area (Å²) >= 11 is 14.4. The van der Waals surface area contributed by atoms with Gasteiger partial charge in [0.15, 0.2) is 4.30 Å². The van der Waals surface area contributed by atoms with Gasteiger partial charge in [-0.2, -0.15) is 0 Å². The van der Waals surface area contributed by atoms with Crippen LogP contribution in [0.1, 0.15) is 64.5 Å². The Kier molecular flexibility index (Phi) is 4.40. The molecule has 0 aliphatic heterocycles. The van der Waals surface area contributed by atoms with Crippen LogP contribution in [0.25, 0.3) is 32.7 Å². The quantitative estimate of drug-likeness (QED) is 0.188. The van der Waals surface area contributed by atoms with Gasteiger partial charge in [0.1, 0.15) is 0 Å².